The summed E-state index contributed by atoms with van der Waals surface area (Å²) in [4.78, 5) is 12.0. The van der Waals surface area contributed by atoms with Crippen LogP contribution in [0.2, 0.25) is 0 Å². The summed E-state index contributed by atoms with van der Waals surface area (Å²) in [6.45, 7) is 4.13. The van der Waals surface area contributed by atoms with Gasteiger partial charge in [-0.25, -0.2) is 5.43 Å². The Kier molecular flexibility index (Phi) is 3.21. The zero-order valence-electron chi connectivity index (χ0n) is 11.8. The lowest BCUT2D eigenvalue weighted by Crippen LogP contribution is -2.65. The van der Waals surface area contributed by atoms with E-state index in [9.17, 15) is 4.79 Å². The van der Waals surface area contributed by atoms with Crippen molar-refractivity contribution in [2.75, 3.05) is 12.1 Å². The van der Waals surface area contributed by atoms with E-state index in [0.717, 1.165) is 5.69 Å². The van der Waals surface area contributed by atoms with E-state index in [1.54, 1.807) is 7.05 Å². The molecule has 0 aromatic heterocycles. The number of carbonyl (C=O) groups is 1. The van der Waals surface area contributed by atoms with Gasteiger partial charge in [-0.3, -0.25) is 20.4 Å². The molecule has 0 bridgehead atoms. The Morgan fingerprint density at radius 3 is 2.80 bits per heavy atom. The zero-order valence-corrected chi connectivity index (χ0v) is 11.8. The van der Waals surface area contributed by atoms with Crippen molar-refractivity contribution in [3.63, 3.8) is 0 Å². The number of hydrazine groups is 1. The molecule has 1 fully saturated rings. The minimum Gasteiger partial charge on any atom is -0.324 e. The second-order valence-electron chi connectivity index (χ2n) is 5.17. The van der Waals surface area contributed by atoms with Gasteiger partial charge in [0.05, 0.1) is 11.3 Å². The van der Waals surface area contributed by atoms with Crippen molar-refractivity contribution in [1.29, 1.82) is 0 Å². The summed E-state index contributed by atoms with van der Waals surface area (Å²) in [5.74, 6) is -0.0622. The smallest absolute Gasteiger partial charge is 0.253 e. The van der Waals surface area contributed by atoms with Gasteiger partial charge in [0.25, 0.3) is 5.91 Å². The molecule has 0 spiro atoms. The average molecular weight is 273 g/mol. The number of carbonyl (C=O) groups excluding carboxylic acids is 1. The number of hydrogen-bond donors (Lipinski definition) is 4. The van der Waals surface area contributed by atoms with Crippen LogP contribution in [0.15, 0.2) is 30.0 Å². The predicted octanol–water partition coefficient (Wildman–Crippen LogP) is 0.0604. The predicted molar refractivity (Wildman–Crippen MR) is 77.5 cm³/mol. The SMILES string of the molecule is CNC1NC(=O)C2=CN(c3ccc(C)cc3C)NC2N1. The largest absolute Gasteiger partial charge is 0.324 e. The van der Waals surface area contributed by atoms with Crippen LogP contribution >= 0.6 is 0 Å². The summed E-state index contributed by atoms with van der Waals surface area (Å²) in [6.07, 6.45) is 1.44. The second kappa shape index (κ2) is 4.90. The first-order valence-corrected chi connectivity index (χ1v) is 6.67. The minimum atomic E-state index is -0.226. The molecule has 1 saturated heterocycles. The van der Waals surface area contributed by atoms with E-state index in [1.807, 2.05) is 11.2 Å². The molecule has 1 amide bonds. The Balaban J connectivity index is 1.87. The standard InChI is InChI=1S/C14H19N5O/c1-8-4-5-11(9(2)6-8)19-7-10-12(18-19)16-14(15-3)17-13(10)20/h4-7,12,14-16,18H,1-3H3,(H,17,20). The van der Waals surface area contributed by atoms with Crippen LogP contribution in [0.1, 0.15) is 11.1 Å². The molecule has 2 unspecified atom stereocenters. The molecule has 6 nitrogen and oxygen atoms in total. The third-order valence-corrected chi connectivity index (χ3v) is 3.62. The van der Waals surface area contributed by atoms with Gasteiger partial charge in [0.15, 0.2) is 0 Å². The molecule has 2 aliphatic heterocycles. The summed E-state index contributed by atoms with van der Waals surface area (Å²) in [5.41, 5.74) is 7.42. The number of benzene rings is 1. The van der Waals surface area contributed by atoms with Crippen LogP contribution in [0.5, 0.6) is 0 Å². The summed E-state index contributed by atoms with van der Waals surface area (Å²) in [5, 5.41) is 11.0. The second-order valence-corrected chi connectivity index (χ2v) is 5.17. The topological polar surface area (TPSA) is 68.4 Å². The van der Waals surface area contributed by atoms with Crippen molar-refractivity contribution in [2.45, 2.75) is 26.3 Å². The highest BCUT2D eigenvalue weighted by molar-refractivity contribution is 5.96. The maximum atomic E-state index is 12.0. The Morgan fingerprint density at radius 1 is 1.30 bits per heavy atom. The first-order valence-electron chi connectivity index (χ1n) is 6.67. The van der Waals surface area contributed by atoms with Crippen LogP contribution in [0.4, 0.5) is 5.69 Å². The fourth-order valence-corrected chi connectivity index (χ4v) is 2.57. The number of rotatable bonds is 2. The van der Waals surface area contributed by atoms with E-state index < -0.39 is 0 Å². The molecular formula is C14H19N5O. The van der Waals surface area contributed by atoms with Crippen LogP contribution in [-0.4, -0.2) is 25.4 Å². The number of anilines is 1. The number of aryl methyl sites for hydroxylation is 2. The Hall–Kier alpha value is -1.89. The van der Waals surface area contributed by atoms with E-state index in [-0.39, 0.29) is 18.4 Å². The van der Waals surface area contributed by atoms with Crippen LogP contribution in [-0.2, 0) is 4.79 Å². The lowest BCUT2D eigenvalue weighted by atomic mass is 10.1. The van der Waals surface area contributed by atoms with Gasteiger partial charge in [-0.15, -0.1) is 0 Å². The highest BCUT2D eigenvalue weighted by atomic mass is 16.2. The molecule has 20 heavy (non-hydrogen) atoms. The molecule has 0 aliphatic carbocycles. The van der Waals surface area contributed by atoms with Crippen LogP contribution in [0.25, 0.3) is 0 Å². The van der Waals surface area contributed by atoms with Gasteiger partial charge in [0.2, 0.25) is 0 Å². The molecule has 6 heteroatoms. The maximum absolute atomic E-state index is 12.0. The molecule has 1 aromatic carbocycles. The normalized spacial score (nSPS) is 25.2. The first kappa shape index (κ1) is 13.1. The molecule has 2 heterocycles. The highest BCUT2D eigenvalue weighted by Gasteiger charge is 2.35. The molecular weight excluding hydrogens is 254 g/mol. The Bertz CT molecular complexity index is 583. The van der Waals surface area contributed by atoms with E-state index in [0.29, 0.717) is 5.57 Å². The monoisotopic (exact) mass is 273 g/mol. The van der Waals surface area contributed by atoms with Crippen LogP contribution in [0.3, 0.4) is 0 Å². The number of nitrogens with one attached hydrogen (secondary N) is 4. The third kappa shape index (κ3) is 2.18. The number of amides is 1. The van der Waals surface area contributed by atoms with E-state index in [2.05, 4.69) is 53.4 Å². The van der Waals surface area contributed by atoms with Crippen LogP contribution in [0, 0.1) is 13.8 Å². The zero-order chi connectivity index (χ0) is 14.3. The van der Waals surface area contributed by atoms with Crippen LogP contribution < -0.4 is 26.4 Å². The lowest BCUT2D eigenvalue weighted by molar-refractivity contribution is -0.120. The van der Waals surface area contributed by atoms with Gasteiger partial charge < -0.3 is 5.32 Å². The average Bonchev–Trinajstić information content (AvgIpc) is 2.82. The van der Waals surface area contributed by atoms with Crippen molar-refractivity contribution >= 4 is 11.6 Å². The van der Waals surface area contributed by atoms with Gasteiger partial charge in [-0.1, -0.05) is 17.7 Å². The first-order chi connectivity index (χ1) is 9.58. The van der Waals surface area contributed by atoms with Crippen molar-refractivity contribution in [2.24, 2.45) is 0 Å². The summed E-state index contributed by atoms with van der Waals surface area (Å²) >= 11 is 0. The van der Waals surface area contributed by atoms with E-state index in [1.165, 1.54) is 11.1 Å². The number of hydrogen-bond acceptors (Lipinski definition) is 5. The van der Waals surface area contributed by atoms with Gasteiger partial charge in [-0.05, 0) is 32.5 Å². The third-order valence-electron chi connectivity index (χ3n) is 3.62. The van der Waals surface area contributed by atoms with Gasteiger partial charge in [-0.2, -0.15) is 0 Å². The summed E-state index contributed by atoms with van der Waals surface area (Å²) in [7, 11) is 1.80. The highest BCUT2D eigenvalue weighted by Crippen LogP contribution is 2.25. The molecule has 0 radical (unpaired) electrons. The Morgan fingerprint density at radius 2 is 2.10 bits per heavy atom. The van der Waals surface area contributed by atoms with Crippen molar-refractivity contribution in [1.82, 2.24) is 21.4 Å². The van der Waals surface area contributed by atoms with Crippen molar-refractivity contribution in [3.8, 4) is 0 Å². The molecule has 106 valence electrons. The van der Waals surface area contributed by atoms with E-state index in [4.69, 9.17) is 0 Å². The molecule has 3 rings (SSSR count). The summed E-state index contributed by atoms with van der Waals surface area (Å²) in [6, 6.07) is 6.25. The molecule has 4 N–H and O–H groups in total. The number of nitrogens with zero attached hydrogens (tertiary/aromatic N) is 1. The number of fused-ring (bicyclic) bond motifs is 1. The lowest BCUT2D eigenvalue weighted by Gasteiger charge is -2.31. The van der Waals surface area contributed by atoms with Gasteiger partial charge in [0, 0.05) is 6.20 Å². The maximum Gasteiger partial charge on any atom is 0.253 e. The minimum absolute atomic E-state index is 0.0622. The molecule has 1 aromatic rings. The molecule has 2 aliphatic rings. The Labute approximate surface area is 118 Å². The van der Waals surface area contributed by atoms with Crippen molar-refractivity contribution in [3.05, 3.63) is 41.1 Å². The van der Waals surface area contributed by atoms with E-state index >= 15 is 0 Å². The fourth-order valence-electron chi connectivity index (χ4n) is 2.57. The molecule has 0 saturated carbocycles. The van der Waals surface area contributed by atoms with Crippen molar-refractivity contribution < 1.29 is 4.79 Å². The molecule has 2 atom stereocenters. The van der Waals surface area contributed by atoms with Gasteiger partial charge in [0.1, 0.15) is 12.5 Å². The van der Waals surface area contributed by atoms with Gasteiger partial charge >= 0.3 is 0 Å². The summed E-state index contributed by atoms with van der Waals surface area (Å²) < 4.78 is 0. The fraction of sp³-hybridized carbons (Fsp3) is 0.357. The quantitative estimate of drug-likeness (QED) is 0.613.